The first kappa shape index (κ1) is 16.8. The molecule has 3 rings (SSSR count). The minimum atomic E-state index is -0.578. The minimum Gasteiger partial charge on any atom is -0.465 e. The number of anilines is 1. The number of thiophene rings is 1. The lowest BCUT2D eigenvalue weighted by molar-refractivity contribution is 0.0603. The Morgan fingerprint density at radius 3 is 2.44 bits per heavy atom. The van der Waals surface area contributed by atoms with Crippen molar-refractivity contribution in [3.8, 4) is 11.1 Å². The van der Waals surface area contributed by atoms with Gasteiger partial charge >= 0.3 is 5.97 Å². The maximum absolute atomic E-state index is 13.1. The highest BCUT2D eigenvalue weighted by atomic mass is 32.1. The average molecular weight is 356 g/mol. The van der Waals surface area contributed by atoms with E-state index in [4.69, 9.17) is 4.74 Å². The van der Waals surface area contributed by atoms with Crippen molar-refractivity contribution in [2.75, 3.05) is 12.4 Å². The summed E-state index contributed by atoms with van der Waals surface area (Å²) in [5.41, 5.74) is 1.88. The lowest BCUT2D eigenvalue weighted by Crippen LogP contribution is -2.14. The van der Waals surface area contributed by atoms with E-state index in [1.165, 1.54) is 43.0 Å². The topological polar surface area (TPSA) is 68.3 Å². The second-order valence-electron chi connectivity index (χ2n) is 5.04. The van der Waals surface area contributed by atoms with Gasteiger partial charge in [0.15, 0.2) is 0 Å². The molecule has 126 valence electrons. The quantitative estimate of drug-likeness (QED) is 0.718. The van der Waals surface area contributed by atoms with Crippen molar-refractivity contribution in [3.05, 3.63) is 71.1 Å². The smallest absolute Gasteiger partial charge is 0.341 e. The van der Waals surface area contributed by atoms with Crippen LogP contribution in [0.25, 0.3) is 11.1 Å². The minimum absolute atomic E-state index is 0.238. The van der Waals surface area contributed by atoms with Gasteiger partial charge in [0.25, 0.3) is 5.91 Å². The average Bonchev–Trinajstić information content (AvgIpc) is 3.06. The van der Waals surface area contributed by atoms with Gasteiger partial charge in [0.2, 0.25) is 0 Å². The number of carbonyl (C=O) groups is 2. The van der Waals surface area contributed by atoms with Gasteiger partial charge in [0.05, 0.1) is 7.11 Å². The van der Waals surface area contributed by atoms with Crippen LogP contribution in [0.1, 0.15) is 20.7 Å². The van der Waals surface area contributed by atoms with Gasteiger partial charge in [0.1, 0.15) is 16.4 Å². The molecule has 5 nitrogen and oxygen atoms in total. The molecule has 0 aliphatic carbocycles. The molecule has 25 heavy (non-hydrogen) atoms. The second-order valence-corrected chi connectivity index (χ2v) is 5.92. The molecular weight excluding hydrogens is 343 g/mol. The number of carbonyl (C=O) groups excluding carboxylic acids is 2. The Morgan fingerprint density at radius 1 is 1.12 bits per heavy atom. The summed E-state index contributed by atoms with van der Waals surface area (Å²) in [5, 5.41) is 4.81. The van der Waals surface area contributed by atoms with Crippen LogP contribution in [-0.4, -0.2) is 24.0 Å². The van der Waals surface area contributed by atoms with Crippen LogP contribution in [0.5, 0.6) is 0 Å². The number of nitrogens with one attached hydrogen (secondary N) is 1. The molecule has 0 unspecified atom stereocenters. The maximum atomic E-state index is 13.1. The predicted molar refractivity (Wildman–Crippen MR) is 93.2 cm³/mol. The largest absolute Gasteiger partial charge is 0.465 e. The number of esters is 1. The Hall–Kier alpha value is -3.06. The maximum Gasteiger partial charge on any atom is 0.341 e. The molecule has 2 aromatic heterocycles. The van der Waals surface area contributed by atoms with Gasteiger partial charge in [0, 0.05) is 28.9 Å². The molecule has 0 fully saturated rings. The third-order valence-electron chi connectivity index (χ3n) is 3.51. The van der Waals surface area contributed by atoms with Crippen LogP contribution >= 0.6 is 11.3 Å². The summed E-state index contributed by atoms with van der Waals surface area (Å²) in [6.45, 7) is 0. The van der Waals surface area contributed by atoms with Crippen LogP contribution < -0.4 is 5.32 Å². The Bertz CT molecular complexity index is 908. The number of hydrogen-bond donors (Lipinski definition) is 1. The van der Waals surface area contributed by atoms with Crippen LogP contribution in [0.3, 0.4) is 0 Å². The van der Waals surface area contributed by atoms with Crippen LogP contribution in [0.2, 0.25) is 0 Å². The SMILES string of the molecule is COC(=O)c1c(-c2ccc(F)cc2)csc1NC(=O)c1ccncc1. The van der Waals surface area contributed by atoms with Crippen molar-refractivity contribution < 1.29 is 18.7 Å². The number of pyridine rings is 1. The normalized spacial score (nSPS) is 10.3. The van der Waals surface area contributed by atoms with Crippen molar-refractivity contribution in [2.24, 2.45) is 0 Å². The third kappa shape index (κ3) is 3.56. The number of nitrogens with zero attached hydrogens (tertiary/aromatic N) is 1. The Kier molecular flexibility index (Phi) is 4.85. The lowest BCUT2D eigenvalue weighted by Gasteiger charge is -2.08. The monoisotopic (exact) mass is 356 g/mol. The van der Waals surface area contributed by atoms with Gasteiger partial charge < -0.3 is 10.1 Å². The van der Waals surface area contributed by atoms with Crippen molar-refractivity contribution >= 4 is 28.2 Å². The van der Waals surface area contributed by atoms with E-state index in [-0.39, 0.29) is 17.3 Å². The number of aromatic nitrogens is 1. The molecule has 0 saturated heterocycles. The van der Waals surface area contributed by atoms with Crippen LogP contribution in [0.15, 0.2) is 54.2 Å². The standard InChI is InChI=1S/C18H13FN2O3S/c1-24-18(23)15-14(11-2-4-13(19)5-3-11)10-25-17(15)21-16(22)12-6-8-20-9-7-12/h2-10H,1H3,(H,21,22). The first-order chi connectivity index (χ1) is 12.1. The van der Waals surface area contributed by atoms with Gasteiger partial charge in [-0.05, 0) is 29.8 Å². The highest BCUT2D eigenvalue weighted by Crippen LogP contribution is 2.36. The third-order valence-corrected chi connectivity index (χ3v) is 4.40. The fraction of sp³-hybridized carbons (Fsp3) is 0.0556. The number of amides is 1. The Morgan fingerprint density at radius 2 is 1.80 bits per heavy atom. The zero-order chi connectivity index (χ0) is 17.8. The van der Waals surface area contributed by atoms with Gasteiger partial charge in [-0.2, -0.15) is 0 Å². The molecule has 0 aliphatic rings. The van der Waals surface area contributed by atoms with Crippen molar-refractivity contribution in [1.29, 1.82) is 0 Å². The van der Waals surface area contributed by atoms with E-state index >= 15 is 0 Å². The van der Waals surface area contributed by atoms with Crippen LogP contribution in [0.4, 0.5) is 9.39 Å². The number of benzene rings is 1. The van der Waals surface area contributed by atoms with Crippen molar-refractivity contribution in [3.63, 3.8) is 0 Å². The first-order valence-electron chi connectivity index (χ1n) is 7.27. The highest BCUT2D eigenvalue weighted by Gasteiger charge is 2.22. The fourth-order valence-corrected chi connectivity index (χ4v) is 3.23. The number of rotatable bonds is 4. The number of methoxy groups -OCH3 is 1. The molecule has 0 atom stereocenters. The number of hydrogen-bond acceptors (Lipinski definition) is 5. The predicted octanol–water partition coefficient (Wildman–Crippen LogP) is 3.99. The molecule has 0 aliphatic heterocycles. The summed E-state index contributed by atoms with van der Waals surface area (Å²) >= 11 is 1.20. The molecule has 2 heterocycles. The number of ether oxygens (including phenoxy) is 1. The molecule has 0 spiro atoms. The second kappa shape index (κ2) is 7.23. The summed E-state index contributed by atoms with van der Waals surface area (Å²) in [5.74, 6) is -1.31. The van der Waals surface area contributed by atoms with Gasteiger partial charge in [-0.25, -0.2) is 9.18 Å². The van der Waals surface area contributed by atoms with E-state index < -0.39 is 5.97 Å². The Labute approximate surface area is 147 Å². The van der Waals surface area contributed by atoms with Crippen LogP contribution in [0, 0.1) is 5.82 Å². The lowest BCUT2D eigenvalue weighted by atomic mass is 10.0. The highest BCUT2D eigenvalue weighted by molar-refractivity contribution is 7.15. The summed E-state index contributed by atoms with van der Waals surface area (Å²) in [4.78, 5) is 28.4. The summed E-state index contributed by atoms with van der Waals surface area (Å²) in [6.07, 6.45) is 3.02. The van der Waals surface area contributed by atoms with Gasteiger partial charge in [-0.15, -0.1) is 11.3 Å². The molecule has 3 aromatic rings. The van der Waals surface area contributed by atoms with Crippen LogP contribution in [-0.2, 0) is 4.74 Å². The van der Waals surface area contributed by atoms with E-state index in [0.717, 1.165) is 0 Å². The molecule has 0 radical (unpaired) electrons. The summed E-state index contributed by atoms with van der Waals surface area (Å²) in [7, 11) is 1.27. The zero-order valence-electron chi connectivity index (χ0n) is 13.2. The Balaban J connectivity index is 1.98. The number of halogens is 1. The van der Waals surface area contributed by atoms with Gasteiger partial charge in [-0.1, -0.05) is 12.1 Å². The molecule has 1 amide bonds. The van der Waals surface area contributed by atoms with Gasteiger partial charge in [-0.3, -0.25) is 9.78 Å². The first-order valence-corrected chi connectivity index (χ1v) is 8.15. The van der Waals surface area contributed by atoms with E-state index in [2.05, 4.69) is 10.3 Å². The summed E-state index contributed by atoms with van der Waals surface area (Å²) < 4.78 is 18.0. The molecule has 1 aromatic carbocycles. The molecule has 7 heteroatoms. The molecule has 0 bridgehead atoms. The molecular formula is C18H13FN2O3S. The van der Waals surface area contributed by atoms with Crippen molar-refractivity contribution in [1.82, 2.24) is 4.98 Å². The zero-order valence-corrected chi connectivity index (χ0v) is 14.0. The molecule has 1 N–H and O–H groups in total. The summed E-state index contributed by atoms with van der Waals surface area (Å²) in [6, 6.07) is 8.90. The fourth-order valence-electron chi connectivity index (χ4n) is 2.28. The van der Waals surface area contributed by atoms with Crippen molar-refractivity contribution in [2.45, 2.75) is 0 Å². The van der Waals surface area contributed by atoms with E-state index in [1.54, 1.807) is 29.6 Å². The molecule has 0 saturated carbocycles. The van der Waals surface area contributed by atoms with E-state index in [1.807, 2.05) is 0 Å². The van der Waals surface area contributed by atoms with E-state index in [9.17, 15) is 14.0 Å². The van der Waals surface area contributed by atoms with E-state index in [0.29, 0.717) is 21.7 Å².